The zero-order chi connectivity index (χ0) is 13.5. The van der Waals surface area contributed by atoms with Crippen molar-refractivity contribution in [3.8, 4) is 0 Å². The smallest absolute Gasteiger partial charge is 0.338 e. The van der Waals surface area contributed by atoms with E-state index in [1.807, 2.05) is 0 Å². The summed E-state index contributed by atoms with van der Waals surface area (Å²) in [5.74, 6) is -0.448. The Bertz CT molecular complexity index is 443. The van der Waals surface area contributed by atoms with Crippen LogP contribution in [0.25, 0.3) is 0 Å². The van der Waals surface area contributed by atoms with Crippen LogP contribution in [0, 0.1) is 0 Å². The predicted octanol–water partition coefficient (Wildman–Crippen LogP) is 1.86. The van der Waals surface area contributed by atoms with Crippen molar-refractivity contribution in [2.75, 3.05) is 11.9 Å². The van der Waals surface area contributed by atoms with E-state index in [0.717, 1.165) is 5.56 Å². The Morgan fingerprint density at radius 1 is 1.39 bits per heavy atom. The first-order chi connectivity index (χ1) is 8.62. The molecule has 0 saturated carbocycles. The van der Waals surface area contributed by atoms with Crippen molar-refractivity contribution in [2.45, 2.75) is 20.0 Å². The van der Waals surface area contributed by atoms with E-state index in [0.29, 0.717) is 11.1 Å². The van der Waals surface area contributed by atoms with Crippen LogP contribution >= 0.6 is 15.9 Å². The molecule has 0 aliphatic carbocycles. The maximum atomic E-state index is 11.7. The minimum absolute atomic E-state index is 0.0292. The fraction of sp³-hybridized carbons (Fsp3) is 0.385. The van der Waals surface area contributed by atoms with Gasteiger partial charge in [0.25, 0.3) is 0 Å². The quantitative estimate of drug-likeness (QED) is 0.643. The van der Waals surface area contributed by atoms with Crippen LogP contribution in [0.2, 0.25) is 0 Å². The summed E-state index contributed by atoms with van der Waals surface area (Å²) < 4.78 is 4.91. The van der Waals surface area contributed by atoms with Crippen LogP contribution in [0.3, 0.4) is 0 Å². The summed E-state index contributed by atoms with van der Waals surface area (Å²) in [4.78, 5) is 23.0. The lowest BCUT2D eigenvalue weighted by atomic mass is 10.0. The Labute approximate surface area is 114 Å². The van der Waals surface area contributed by atoms with E-state index in [2.05, 4.69) is 15.9 Å². The van der Waals surface area contributed by atoms with Crippen molar-refractivity contribution in [1.29, 1.82) is 0 Å². The third-order valence-corrected chi connectivity index (χ3v) is 3.02. The lowest BCUT2D eigenvalue weighted by Gasteiger charge is -2.09. The van der Waals surface area contributed by atoms with Crippen LogP contribution < -0.4 is 0 Å². The number of halogens is 1. The molecule has 0 heterocycles. The largest absolute Gasteiger partial charge is 0.462 e. The Hall–Kier alpha value is -1.20. The van der Waals surface area contributed by atoms with Gasteiger partial charge in [-0.2, -0.15) is 0 Å². The molecule has 18 heavy (non-hydrogen) atoms. The average molecular weight is 315 g/mol. The Balaban J connectivity index is 3.01. The van der Waals surface area contributed by atoms with Gasteiger partial charge < -0.3 is 9.84 Å². The summed E-state index contributed by atoms with van der Waals surface area (Å²) in [5, 5.41) is 9.45. The molecule has 0 aliphatic rings. The van der Waals surface area contributed by atoms with E-state index >= 15 is 0 Å². The van der Waals surface area contributed by atoms with Crippen molar-refractivity contribution in [3.05, 3.63) is 34.9 Å². The standard InChI is InChI=1S/C13H15BrO4/c1-2-18-13(17)12-6-9(5-11(16)7-14)3-4-10(12)8-15/h3-4,6,15H,2,5,7-8H2,1H3. The Morgan fingerprint density at radius 3 is 2.67 bits per heavy atom. The first-order valence-corrected chi connectivity index (χ1v) is 6.72. The number of rotatable bonds is 6. The van der Waals surface area contributed by atoms with Gasteiger partial charge in [0.2, 0.25) is 0 Å². The number of carbonyl (C=O) groups is 2. The van der Waals surface area contributed by atoms with Crippen LogP contribution in [0.1, 0.15) is 28.4 Å². The second-order valence-corrected chi connectivity index (χ2v) is 4.28. The van der Waals surface area contributed by atoms with Gasteiger partial charge in [0, 0.05) is 6.42 Å². The van der Waals surface area contributed by atoms with Gasteiger partial charge in [0.05, 0.1) is 24.1 Å². The number of esters is 1. The van der Waals surface area contributed by atoms with Crippen molar-refractivity contribution in [3.63, 3.8) is 0 Å². The lowest BCUT2D eigenvalue weighted by molar-refractivity contribution is -0.115. The minimum atomic E-state index is -0.477. The molecule has 0 amide bonds. The summed E-state index contributed by atoms with van der Waals surface area (Å²) in [7, 11) is 0. The van der Waals surface area contributed by atoms with Gasteiger partial charge in [-0.15, -0.1) is 0 Å². The number of ketones is 1. The number of benzene rings is 1. The molecule has 0 aliphatic heterocycles. The monoisotopic (exact) mass is 314 g/mol. The molecule has 0 atom stereocenters. The topological polar surface area (TPSA) is 63.6 Å². The van der Waals surface area contributed by atoms with Gasteiger partial charge in [-0.1, -0.05) is 28.1 Å². The highest BCUT2D eigenvalue weighted by Crippen LogP contribution is 2.15. The molecule has 0 aromatic heterocycles. The van der Waals surface area contributed by atoms with Crippen LogP contribution in [-0.4, -0.2) is 28.8 Å². The molecule has 0 bridgehead atoms. The molecule has 0 unspecified atom stereocenters. The first-order valence-electron chi connectivity index (χ1n) is 5.59. The third-order valence-electron chi connectivity index (χ3n) is 2.39. The van der Waals surface area contributed by atoms with Gasteiger partial charge in [-0.25, -0.2) is 4.79 Å². The first kappa shape index (κ1) is 14.9. The molecule has 5 heteroatoms. The van der Waals surface area contributed by atoms with Gasteiger partial charge in [0.1, 0.15) is 5.78 Å². The van der Waals surface area contributed by atoms with E-state index in [4.69, 9.17) is 4.74 Å². The molecule has 0 spiro atoms. The Kier molecular flexibility index (Phi) is 6.01. The van der Waals surface area contributed by atoms with Crippen molar-refractivity contribution >= 4 is 27.7 Å². The molecule has 4 nitrogen and oxygen atoms in total. The van der Waals surface area contributed by atoms with E-state index in [9.17, 15) is 14.7 Å². The van der Waals surface area contributed by atoms with Crippen molar-refractivity contribution < 1.29 is 19.4 Å². The molecular weight excluding hydrogens is 300 g/mol. The minimum Gasteiger partial charge on any atom is -0.462 e. The third kappa shape index (κ3) is 3.92. The number of hydrogen-bond donors (Lipinski definition) is 1. The number of hydrogen-bond acceptors (Lipinski definition) is 4. The zero-order valence-corrected chi connectivity index (χ0v) is 11.7. The van der Waals surface area contributed by atoms with E-state index < -0.39 is 5.97 Å². The highest BCUT2D eigenvalue weighted by atomic mass is 79.9. The van der Waals surface area contributed by atoms with Crippen LogP contribution in [0.4, 0.5) is 0 Å². The number of Topliss-reactive ketones (excluding diaryl/α,β-unsaturated/α-hetero) is 1. The van der Waals surface area contributed by atoms with Gasteiger partial charge in [-0.05, 0) is 24.1 Å². The zero-order valence-electron chi connectivity index (χ0n) is 10.1. The predicted molar refractivity (Wildman–Crippen MR) is 70.8 cm³/mol. The summed E-state index contributed by atoms with van der Waals surface area (Å²) in [6, 6.07) is 4.97. The van der Waals surface area contributed by atoms with E-state index in [1.165, 1.54) is 0 Å². The molecule has 98 valence electrons. The number of aliphatic hydroxyl groups is 1. The summed E-state index contributed by atoms with van der Waals surface area (Å²) in [6.45, 7) is 1.75. The molecular formula is C13H15BrO4. The van der Waals surface area contributed by atoms with Gasteiger partial charge in [0.15, 0.2) is 0 Å². The second kappa shape index (κ2) is 7.28. The maximum absolute atomic E-state index is 11.7. The SMILES string of the molecule is CCOC(=O)c1cc(CC(=O)CBr)ccc1CO. The van der Waals surface area contributed by atoms with Crippen molar-refractivity contribution in [1.82, 2.24) is 0 Å². The van der Waals surface area contributed by atoms with Crippen LogP contribution in [0.15, 0.2) is 18.2 Å². The van der Waals surface area contributed by atoms with Crippen LogP contribution in [0.5, 0.6) is 0 Å². The maximum Gasteiger partial charge on any atom is 0.338 e. The summed E-state index contributed by atoms with van der Waals surface area (Å²) >= 11 is 3.09. The highest BCUT2D eigenvalue weighted by molar-refractivity contribution is 9.09. The Morgan fingerprint density at radius 2 is 2.11 bits per heavy atom. The van der Waals surface area contributed by atoms with E-state index in [1.54, 1.807) is 25.1 Å². The molecule has 1 aromatic carbocycles. The van der Waals surface area contributed by atoms with Gasteiger partial charge in [-0.3, -0.25) is 4.79 Å². The molecule has 0 fully saturated rings. The summed E-state index contributed by atoms with van der Waals surface area (Å²) in [5.41, 5.74) is 1.56. The number of alkyl halides is 1. The average Bonchev–Trinajstić information content (AvgIpc) is 2.38. The van der Waals surface area contributed by atoms with Crippen LogP contribution in [-0.2, 0) is 22.6 Å². The highest BCUT2D eigenvalue weighted by Gasteiger charge is 2.13. The van der Waals surface area contributed by atoms with E-state index in [-0.39, 0.29) is 30.7 Å². The molecule has 1 rings (SSSR count). The second-order valence-electron chi connectivity index (χ2n) is 3.72. The molecule has 1 N–H and O–H groups in total. The number of aliphatic hydroxyl groups excluding tert-OH is 1. The number of ether oxygens (including phenoxy) is 1. The lowest BCUT2D eigenvalue weighted by Crippen LogP contribution is -2.10. The molecule has 1 aromatic rings. The van der Waals surface area contributed by atoms with Gasteiger partial charge >= 0.3 is 5.97 Å². The molecule has 0 radical (unpaired) electrons. The normalized spacial score (nSPS) is 10.2. The summed E-state index contributed by atoms with van der Waals surface area (Å²) in [6.07, 6.45) is 0.253. The fourth-order valence-electron chi connectivity index (χ4n) is 1.55. The fourth-order valence-corrected chi connectivity index (χ4v) is 1.74. The molecule has 0 saturated heterocycles. The number of carbonyl (C=O) groups excluding carboxylic acids is 2. The van der Waals surface area contributed by atoms with Crippen molar-refractivity contribution in [2.24, 2.45) is 0 Å².